The van der Waals surface area contributed by atoms with Crippen molar-refractivity contribution in [3.8, 4) is 0 Å². The lowest BCUT2D eigenvalue weighted by Crippen LogP contribution is -2.46. The summed E-state index contributed by atoms with van der Waals surface area (Å²) >= 11 is 0. The van der Waals surface area contributed by atoms with Crippen LogP contribution in [-0.2, 0) is 5.41 Å². The van der Waals surface area contributed by atoms with Crippen molar-refractivity contribution in [3.63, 3.8) is 0 Å². The molecule has 3 nitrogen and oxygen atoms in total. The molecule has 0 spiro atoms. The second kappa shape index (κ2) is 8.38. The van der Waals surface area contributed by atoms with E-state index in [0.29, 0.717) is 18.4 Å². The molecule has 2 aromatic rings. The third-order valence-electron chi connectivity index (χ3n) is 6.17. The van der Waals surface area contributed by atoms with Crippen LogP contribution in [0.2, 0.25) is 0 Å². The Labute approximate surface area is 169 Å². The number of amides is 2. The molecule has 150 valence electrons. The lowest BCUT2D eigenvalue weighted by molar-refractivity contribution is 0.222. The Morgan fingerprint density at radius 3 is 2.00 bits per heavy atom. The Kier molecular flexibility index (Phi) is 6.12. The SMILES string of the molecule is Cc1ccc(C2(CNC(=O)Nc3c(C(C)C)cccc3C(C)C)CCC2)cc1. The lowest BCUT2D eigenvalue weighted by Gasteiger charge is -2.42. The molecule has 1 fully saturated rings. The predicted molar refractivity (Wildman–Crippen MR) is 118 cm³/mol. The molecule has 0 aliphatic heterocycles. The number of aryl methyl sites for hydroxylation is 1. The van der Waals surface area contributed by atoms with Gasteiger partial charge in [-0.2, -0.15) is 0 Å². The van der Waals surface area contributed by atoms with E-state index in [4.69, 9.17) is 0 Å². The van der Waals surface area contributed by atoms with E-state index in [2.05, 4.69) is 87.7 Å². The Bertz CT molecular complexity index is 791. The molecule has 2 amide bonds. The number of hydrogen-bond acceptors (Lipinski definition) is 1. The monoisotopic (exact) mass is 378 g/mol. The summed E-state index contributed by atoms with van der Waals surface area (Å²) in [5, 5.41) is 6.34. The maximum Gasteiger partial charge on any atom is 0.319 e. The third kappa shape index (κ3) is 4.24. The molecule has 2 aromatic carbocycles. The summed E-state index contributed by atoms with van der Waals surface area (Å²) in [5.74, 6) is 0.721. The van der Waals surface area contributed by atoms with Gasteiger partial charge in [0, 0.05) is 17.6 Å². The number of carbonyl (C=O) groups excluding carboxylic acids is 1. The van der Waals surface area contributed by atoms with Gasteiger partial charge in [-0.05, 0) is 48.3 Å². The highest BCUT2D eigenvalue weighted by Crippen LogP contribution is 2.43. The molecule has 1 saturated carbocycles. The number of anilines is 1. The fourth-order valence-electron chi connectivity index (χ4n) is 4.18. The molecule has 28 heavy (non-hydrogen) atoms. The van der Waals surface area contributed by atoms with Gasteiger partial charge in [-0.3, -0.25) is 0 Å². The number of hydrogen-bond donors (Lipinski definition) is 2. The highest BCUT2D eigenvalue weighted by Gasteiger charge is 2.38. The van der Waals surface area contributed by atoms with Gasteiger partial charge < -0.3 is 10.6 Å². The standard InChI is InChI=1S/C25H34N2O/c1-17(2)21-8-6-9-22(18(3)4)23(21)27-24(28)26-16-25(14-7-15-25)20-12-10-19(5)11-13-20/h6,8-13,17-18H,7,14-16H2,1-5H3,(H2,26,27,28). The summed E-state index contributed by atoms with van der Waals surface area (Å²) < 4.78 is 0. The number of benzene rings is 2. The van der Waals surface area contributed by atoms with Crippen LogP contribution < -0.4 is 10.6 Å². The largest absolute Gasteiger partial charge is 0.337 e. The molecule has 2 N–H and O–H groups in total. The molecule has 0 bridgehead atoms. The molecule has 1 aliphatic rings. The van der Waals surface area contributed by atoms with Crippen molar-refractivity contribution >= 4 is 11.7 Å². The summed E-state index contributed by atoms with van der Waals surface area (Å²) in [4.78, 5) is 12.8. The Morgan fingerprint density at radius 1 is 0.964 bits per heavy atom. The zero-order valence-corrected chi connectivity index (χ0v) is 17.9. The van der Waals surface area contributed by atoms with Crippen LogP contribution in [0.3, 0.4) is 0 Å². The van der Waals surface area contributed by atoms with Crippen LogP contribution in [-0.4, -0.2) is 12.6 Å². The van der Waals surface area contributed by atoms with E-state index in [1.807, 2.05) is 0 Å². The zero-order valence-electron chi connectivity index (χ0n) is 17.9. The van der Waals surface area contributed by atoms with E-state index in [1.165, 1.54) is 28.7 Å². The van der Waals surface area contributed by atoms with Crippen molar-refractivity contribution in [3.05, 3.63) is 64.7 Å². The van der Waals surface area contributed by atoms with Crippen LogP contribution in [0.4, 0.5) is 10.5 Å². The summed E-state index contributed by atoms with van der Waals surface area (Å²) in [5.41, 5.74) is 6.06. The molecule has 0 heterocycles. The van der Waals surface area contributed by atoms with E-state index < -0.39 is 0 Å². The zero-order chi connectivity index (χ0) is 20.3. The second-order valence-corrected chi connectivity index (χ2v) is 8.93. The number of nitrogens with one attached hydrogen (secondary N) is 2. The van der Waals surface area contributed by atoms with Gasteiger partial charge in [0.2, 0.25) is 0 Å². The number of rotatable bonds is 6. The average molecular weight is 379 g/mol. The lowest BCUT2D eigenvalue weighted by atomic mass is 9.64. The van der Waals surface area contributed by atoms with E-state index in [-0.39, 0.29) is 11.4 Å². The average Bonchev–Trinajstić information content (AvgIpc) is 2.62. The van der Waals surface area contributed by atoms with Crippen LogP contribution in [0, 0.1) is 6.92 Å². The van der Waals surface area contributed by atoms with Gasteiger partial charge in [-0.15, -0.1) is 0 Å². The smallest absolute Gasteiger partial charge is 0.319 e. The minimum atomic E-state index is -0.103. The summed E-state index contributed by atoms with van der Waals surface area (Å²) in [6.07, 6.45) is 3.50. The fourth-order valence-corrected chi connectivity index (χ4v) is 4.18. The van der Waals surface area contributed by atoms with Crippen molar-refractivity contribution in [2.24, 2.45) is 0 Å². The maximum absolute atomic E-state index is 12.8. The quantitative estimate of drug-likeness (QED) is 0.593. The van der Waals surface area contributed by atoms with Crippen LogP contribution >= 0.6 is 0 Å². The predicted octanol–water partition coefficient (Wildman–Crippen LogP) is 6.49. The molecule has 0 unspecified atom stereocenters. The van der Waals surface area contributed by atoms with Crippen LogP contribution in [0.5, 0.6) is 0 Å². The first kappa shape index (κ1) is 20.4. The minimum absolute atomic E-state index is 0.0868. The highest BCUT2D eigenvalue weighted by molar-refractivity contribution is 5.91. The van der Waals surface area contributed by atoms with E-state index in [9.17, 15) is 4.79 Å². The van der Waals surface area contributed by atoms with Crippen molar-refractivity contribution in [2.45, 2.75) is 71.1 Å². The maximum atomic E-state index is 12.8. The molecule has 0 saturated heterocycles. The summed E-state index contributed by atoms with van der Waals surface area (Å²) in [6.45, 7) is 11.5. The van der Waals surface area contributed by atoms with E-state index in [1.54, 1.807) is 0 Å². The van der Waals surface area contributed by atoms with Gasteiger partial charge in [0.05, 0.1) is 0 Å². The summed E-state index contributed by atoms with van der Waals surface area (Å²) in [7, 11) is 0. The molecular formula is C25H34N2O. The Morgan fingerprint density at radius 2 is 1.54 bits per heavy atom. The van der Waals surface area contributed by atoms with Gasteiger partial charge in [0.15, 0.2) is 0 Å². The molecule has 3 heteroatoms. The number of para-hydroxylation sites is 1. The van der Waals surface area contributed by atoms with Gasteiger partial charge in [-0.1, -0.05) is 82.1 Å². The Balaban J connectivity index is 1.73. The first-order valence-electron chi connectivity index (χ1n) is 10.6. The first-order chi connectivity index (χ1) is 13.3. The van der Waals surface area contributed by atoms with Gasteiger partial charge in [0.25, 0.3) is 0 Å². The second-order valence-electron chi connectivity index (χ2n) is 8.93. The normalized spacial score (nSPS) is 15.4. The van der Waals surface area contributed by atoms with Gasteiger partial charge >= 0.3 is 6.03 Å². The van der Waals surface area contributed by atoms with Crippen LogP contribution in [0.15, 0.2) is 42.5 Å². The summed E-state index contributed by atoms with van der Waals surface area (Å²) in [6, 6.07) is 15.0. The molecule has 1 aliphatic carbocycles. The van der Waals surface area contributed by atoms with Gasteiger partial charge in [-0.25, -0.2) is 4.79 Å². The van der Waals surface area contributed by atoms with Crippen molar-refractivity contribution in [2.75, 3.05) is 11.9 Å². The molecule has 0 aromatic heterocycles. The number of urea groups is 1. The third-order valence-corrected chi connectivity index (χ3v) is 6.17. The molecule has 3 rings (SSSR count). The first-order valence-corrected chi connectivity index (χ1v) is 10.6. The highest BCUT2D eigenvalue weighted by atomic mass is 16.2. The van der Waals surface area contributed by atoms with Gasteiger partial charge in [0.1, 0.15) is 0 Å². The van der Waals surface area contributed by atoms with Crippen LogP contribution in [0.25, 0.3) is 0 Å². The van der Waals surface area contributed by atoms with E-state index in [0.717, 1.165) is 18.5 Å². The Hall–Kier alpha value is -2.29. The van der Waals surface area contributed by atoms with Crippen molar-refractivity contribution in [1.82, 2.24) is 5.32 Å². The minimum Gasteiger partial charge on any atom is -0.337 e. The molecular weight excluding hydrogens is 344 g/mol. The van der Waals surface area contributed by atoms with Crippen LogP contribution in [0.1, 0.15) is 81.0 Å². The van der Waals surface area contributed by atoms with Crippen molar-refractivity contribution in [1.29, 1.82) is 0 Å². The number of carbonyl (C=O) groups is 1. The van der Waals surface area contributed by atoms with Crippen molar-refractivity contribution < 1.29 is 4.79 Å². The topological polar surface area (TPSA) is 41.1 Å². The molecule has 0 radical (unpaired) electrons. The fraction of sp³-hybridized carbons (Fsp3) is 0.480. The van der Waals surface area contributed by atoms with E-state index >= 15 is 0 Å². The molecule has 0 atom stereocenters.